The maximum Gasteiger partial charge on any atom is 0.270 e. The van der Waals surface area contributed by atoms with Crippen LogP contribution < -0.4 is 10.6 Å². The smallest absolute Gasteiger partial charge is 0.270 e. The summed E-state index contributed by atoms with van der Waals surface area (Å²) in [6.07, 6.45) is 1.62. The van der Waals surface area contributed by atoms with E-state index in [-0.39, 0.29) is 11.4 Å². The second-order valence-electron chi connectivity index (χ2n) is 5.82. The van der Waals surface area contributed by atoms with Gasteiger partial charge in [-0.25, -0.2) is 9.97 Å². The Hall–Kier alpha value is -2.37. The Morgan fingerprint density at radius 2 is 2.10 bits per heavy atom. The normalized spacial score (nSPS) is 11.2. The summed E-state index contributed by atoms with van der Waals surface area (Å²) in [5.41, 5.74) is 0.0388. The molecule has 112 valence electrons. The van der Waals surface area contributed by atoms with E-state index in [1.807, 2.05) is 32.9 Å². The van der Waals surface area contributed by atoms with Crippen molar-refractivity contribution in [1.82, 2.24) is 15.3 Å². The van der Waals surface area contributed by atoms with E-state index in [1.165, 1.54) is 0 Å². The van der Waals surface area contributed by atoms with Crippen LogP contribution in [-0.4, -0.2) is 21.4 Å². The van der Waals surface area contributed by atoms with Crippen LogP contribution in [0, 0.1) is 6.92 Å². The second-order valence-corrected chi connectivity index (χ2v) is 5.82. The molecule has 2 aromatic heterocycles. The average molecular weight is 288 g/mol. The number of hydrogen-bond acceptors (Lipinski definition) is 5. The van der Waals surface area contributed by atoms with Crippen LogP contribution >= 0.6 is 0 Å². The molecule has 0 aliphatic heterocycles. The number of furan rings is 1. The third-order valence-electron chi connectivity index (χ3n) is 2.58. The first-order valence-electron chi connectivity index (χ1n) is 6.78. The quantitative estimate of drug-likeness (QED) is 0.903. The van der Waals surface area contributed by atoms with Crippen molar-refractivity contribution in [2.24, 2.45) is 0 Å². The number of nitrogens with one attached hydrogen (secondary N) is 2. The lowest BCUT2D eigenvalue weighted by Crippen LogP contribution is -2.41. The number of anilines is 1. The minimum Gasteiger partial charge on any atom is -0.467 e. The maximum atomic E-state index is 12.1. The lowest BCUT2D eigenvalue weighted by atomic mass is 10.1. The number of carbonyl (C=O) groups excluding carboxylic acids is 1. The second kappa shape index (κ2) is 5.95. The van der Waals surface area contributed by atoms with Gasteiger partial charge in [-0.05, 0) is 39.8 Å². The van der Waals surface area contributed by atoms with E-state index in [2.05, 4.69) is 20.6 Å². The Kier molecular flexibility index (Phi) is 4.26. The van der Waals surface area contributed by atoms with E-state index in [4.69, 9.17) is 4.42 Å². The molecule has 21 heavy (non-hydrogen) atoms. The van der Waals surface area contributed by atoms with E-state index < -0.39 is 0 Å². The highest BCUT2D eigenvalue weighted by molar-refractivity contribution is 5.93. The average Bonchev–Trinajstić information content (AvgIpc) is 2.86. The molecule has 0 unspecified atom stereocenters. The van der Waals surface area contributed by atoms with Crippen LogP contribution in [-0.2, 0) is 6.54 Å². The summed E-state index contributed by atoms with van der Waals surface area (Å²) in [6.45, 7) is 8.04. The van der Waals surface area contributed by atoms with E-state index in [0.29, 0.717) is 23.9 Å². The number of hydrogen-bond donors (Lipinski definition) is 2. The molecule has 0 radical (unpaired) electrons. The van der Waals surface area contributed by atoms with Crippen LogP contribution in [0.25, 0.3) is 0 Å². The highest BCUT2D eigenvalue weighted by atomic mass is 16.3. The van der Waals surface area contributed by atoms with Crippen LogP contribution in [0.4, 0.5) is 5.82 Å². The van der Waals surface area contributed by atoms with Crippen LogP contribution in [0.3, 0.4) is 0 Å². The molecule has 0 saturated heterocycles. The lowest BCUT2D eigenvalue weighted by molar-refractivity contribution is 0.0914. The van der Waals surface area contributed by atoms with Crippen LogP contribution in [0.2, 0.25) is 0 Å². The van der Waals surface area contributed by atoms with Gasteiger partial charge in [0, 0.05) is 11.6 Å². The summed E-state index contributed by atoms with van der Waals surface area (Å²) < 4.78 is 5.24. The highest BCUT2D eigenvalue weighted by Crippen LogP contribution is 2.10. The third kappa shape index (κ3) is 4.59. The Morgan fingerprint density at radius 3 is 2.71 bits per heavy atom. The molecule has 0 aliphatic rings. The monoisotopic (exact) mass is 288 g/mol. The summed E-state index contributed by atoms with van der Waals surface area (Å²) >= 11 is 0. The summed E-state index contributed by atoms with van der Waals surface area (Å²) in [6, 6.07) is 5.33. The molecule has 2 N–H and O–H groups in total. The summed E-state index contributed by atoms with van der Waals surface area (Å²) in [4.78, 5) is 20.6. The first-order valence-corrected chi connectivity index (χ1v) is 6.78. The van der Waals surface area contributed by atoms with E-state index >= 15 is 0 Å². The van der Waals surface area contributed by atoms with Crippen molar-refractivity contribution in [3.8, 4) is 0 Å². The summed E-state index contributed by atoms with van der Waals surface area (Å²) in [5, 5.41) is 6.01. The van der Waals surface area contributed by atoms with Gasteiger partial charge in [-0.1, -0.05) is 0 Å². The SMILES string of the molecule is Cc1nc(NCc2ccco2)cc(C(=O)NC(C)(C)C)n1. The van der Waals surface area contributed by atoms with Gasteiger partial charge in [-0.3, -0.25) is 4.79 Å². The fraction of sp³-hybridized carbons (Fsp3) is 0.400. The molecular weight excluding hydrogens is 268 g/mol. The Balaban J connectivity index is 2.11. The number of rotatable bonds is 4. The first-order chi connectivity index (χ1) is 9.83. The molecule has 0 aliphatic carbocycles. The molecule has 0 aromatic carbocycles. The van der Waals surface area contributed by atoms with Gasteiger partial charge in [-0.15, -0.1) is 0 Å². The zero-order valence-electron chi connectivity index (χ0n) is 12.7. The number of nitrogens with zero attached hydrogens (tertiary/aromatic N) is 2. The molecule has 6 nitrogen and oxygen atoms in total. The van der Waals surface area contributed by atoms with E-state index in [1.54, 1.807) is 19.3 Å². The molecule has 0 saturated carbocycles. The molecule has 2 aromatic rings. The Labute approximate surface area is 124 Å². The van der Waals surface area contributed by atoms with Crippen molar-refractivity contribution < 1.29 is 9.21 Å². The minimum absolute atomic E-state index is 0.214. The minimum atomic E-state index is -0.308. The Morgan fingerprint density at radius 1 is 1.33 bits per heavy atom. The van der Waals surface area contributed by atoms with Crippen molar-refractivity contribution in [3.05, 3.63) is 41.7 Å². The zero-order valence-corrected chi connectivity index (χ0v) is 12.7. The van der Waals surface area contributed by atoms with Crippen molar-refractivity contribution in [2.45, 2.75) is 39.8 Å². The highest BCUT2D eigenvalue weighted by Gasteiger charge is 2.17. The van der Waals surface area contributed by atoms with Crippen LogP contribution in [0.5, 0.6) is 0 Å². The summed E-state index contributed by atoms with van der Waals surface area (Å²) in [7, 11) is 0. The van der Waals surface area contributed by atoms with E-state index in [0.717, 1.165) is 5.76 Å². The molecule has 0 spiro atoms. The number of aryl methyl sites for hydroxylation is 1. The lowest BCUT2D eigenvalue weighted by Gasteiger charge is -2.20. The third-order valence-corrected chi connectivity index (χ3v) is 2.58. The molecule has 2 rings (SSSR count). The topological polar surface area (TPSA) is 80.0 Å². The molecule has 1 amide bonds. The van der Waals surface area contributed by atoms with Crippen molar-refractivity contribution in [1.29, 1.82) is 0 Å². The van der Waals surface area contributed by atoms with Gasteiger partial charge >= 0.3 is 0 Å². The molecule has 0 bridgehead atoms. The molecular formula is C15H20N4O2. The molecule has 6 heteroatoms. The number of aromatic nitrogens is 2. The van der Waals surface area contributed by atoms with Gasteiger partial charge in [-0.2, -0.15) is 0 Å². The Bertz CT molecular complexity index is 615. The first kappa shape index (κ1) is 15.0. The van der Waals surface area contributed by atoms with E-state index in [9.17, 15) is 4.79 Å². The summed E-state index contributed by atoms with van der Waals surface area (Å²) in [5.74, 6) is 1.72. The largest absolute Gasteiger partial charge is 0.467 e. The van der Waals surface area contributed by atoms with Gasteiger partial charge < -0.3 is 15.1 Å². The van der Waals surface area contributed by atoms with Gasteiger partial charge in [0.05, 0.1) is 12.8 Å². The predicted octanol–water partition coefficient (Wildman–Crippen LogP) is 2.52. The molecule has 0 atom stereocenters. The van der Waals surface area contributed by atoms with Crippen LogP contribution in [0.1, 0.15) is 42.8 Å². The number of carbonyl (C=O) groups is 1. The van der Waals surface area contributed by atoms with Gasteiger partial charge in [0.15, 0.2) is 0 Å². The van der Waals surface area contributed by atoms with Crippen molar-refractivity contribution in [3.63, 3.8) is 0 Å². The maximum absolute atomic E-state index is 12.1. The van der Waals surface area contributed by atoms with Gasteiger partial charge in [0.1, 0.15) is 23.1 Å². The fourth-order valence-corrected chi connectivity index (χ4v) is 1.77. The van der Waals surface area contributed by atoms with Gasteiger partial charge in [0.25, 0.3) is 5.91 Å². The van der Waals surface area contributed by atoms with Crippen molar-refractivity contribution >= 4 is 11.7 Å². The van der Waals surface area contributed by atoms with Crippen LogP contribution in [0.15, 0.2) is 28.9 Å². The molecule has 0 fully saturated rings. The predicted molar refractivity (Wildman–Crippen MR) is 80.0 cm³/mol. The fourth-order valence-electron chi connectivity index (χ4n) is 1.77. The van der Waals surface area contributed by atoms with Crippen molar-refractivity contribution in [2.75, 3.05) is 5.32 Å². The molecule has 2 heterocycles. The van der Waals surface area contributed by atoms with Gasteiger partial charge in [0.2, 0.25) is 0 Å². The number of amides is 1. The standard InChI is InChI=1S/C15H20N4O2/c1-10-17-12(14(20)19-15(2,3)4)8-13(18-10)16-9-11-6-5-7-21-11/h5-8H,9H2,1-4H3,(H,19,20)(H,16,17,18). The zero-order chi connectivity index (χ0) is 15.5.